The Morgan fingerprint density at radius 3 is 2.88 bits per heavy atom. The van der Waals surface area contributed by atoms with Gasteiger partial charge in [0.15, 0.2) is 11.5 Å². The van der Waals surface area contributed by atoms with Crippen molar-refractivity contribution < 1.29 is 19.0 Å². The summed E-state index contributed by atoms with van der Waals surface area (Å²) in [6.07, 6.45) is 2.43. The molecule has 0 bridgehead atoms. The number of hydrogen-bond acceptors (Lipinski definition) is 4. The average Bonchev–Trinajstić information content (AvgIpc) is 3.07. The smallest absolute Gasteiger partial charge is 0.251 e. The molecule has 0 saturated carbocycles. The van der Waals surface area contributed by atoms with E-state index in [0.29, 0.717) is 24.3 Å². The fraction of sp³-hybridized carbons (Fsp3) is 0.211. The summed E-state index contributed by atoms with van der Waals surface area (Å²) in [5, 5.41) is 2.91. The lowest BCUT2D eigenvalue weighted by Crippen LogP contribution is -2.22. The Morgan fingerprint density at radius 2 is 2.08 bits per heavy atom. The van der Waals surface area contributed by atoms with Crippen molar-refractivity contribution in [1.82, 2.24) is 5.32 Å². The maximum Gasteiger partial charge on any atom is 0.251 e. The molecule has 5 nitrogen and oxygen atoms in total. The average molecular weight is 325 g/mol. The molecule has 0 aromatic heterocycles. The van der Waals surface area contributed by atoms with E-state index in [1.807, 2.05) is 24.3 Å². The van der Waals surface area contributed by atoms with Crippen LogP contribution in [0.15, 0.2) is 49.1 Å². The third-order valence-corrected chi connectivity index (χ3v) is 3.80. The molecule has 0 fully saturated rings. The fourth-order valence-corrected chi connectivity index (χ4v) is 2.57. The summed E-state index contributed by atoms with van der Waals surface area (Å²) in [4.78, 5) is 12.4. The number of ether oxygens (including phenoxy) is 3. The molecule has 0 saturated heterocycles. The summed E-state index contributed by atoms with van der Waals surface area (Å²) in [6.45, 7) is 4.39. The van der Waals surface area contributed by atoms with Gasteiger partial charge >= 0.3 is 0 Å². The fourth-order valence-electron chi connectivity index (χ4n) is 2.57. The molecule has 3 rings (SSSR count). The molecule has 0 aliphatic carbocycles. The van der Waals surface area contributed by atoms with Crippen LogP contribution in [-0.4, -0.2) is 19.8 Å². The van der Waals surface area contributed by atoms with Crippen LogP contribution in [0.2, 0.25) is 0 Å². The van der Waals surface area contributed by atoms with E-state index in [2.05, 4.69) is 11.9 Å². The molecule has 0 atom stereocenters. The van der Waals surface area contributed by atoms with Gasteiger partial charge in [-0.1, -0.05) is 12.1 Å². The van der Waals surface area contributed by atoms with Crippen LogP contribution in [0.4, 0.5) is 0 Å². The van der Waals surface area contributed by atoms with Crippen LogP contribution in [0.3, 0.4) is 0 Å². The van der Waals surface area contributed by atoms with Crippen LogP contribution in [-0.2, 0) is 13.0 Å². The molecule has 0 unspecified atom stereocenters. The van der Waals surface area contributed by atoms with Crippen molar-refractivity contribution in [2.75, 3.05) is 13.9 Å². The van der Waals surface area contributed by atoms with Gasteiger partial charge in [-0.3, -0.25) is 4.79 Å². The highest BCUT2D eigenvalue weighted by atomic mass is 16.7. The number of hydrogen-bond donors (Lipinski definition) is 1. The van der Waals surface area contributed by atoms with Gasteiger partial charge in [0.25, 0.3) is 5.91 Å². The molecule has 0 radical (unpaired) electrons. The number of carbonyl (C=O) groups excluding carboxylic acids is 1. The lowest BCUT2D eigenvalue weighted by molar-refractivity contribution is 0.0950. The molecule has 24 heavy (non-hydrogen) atoms. The van der Waals surface area contributed by atoms with Crippen LogP contribution in [0.1, 0.15) is 21.5 Å². The largest absolute Gasteiger partial charge is 0.496 e. The summed E-state index contributed by atoms with van der Waals surface area (Å²) in [5.74, 6) is 2.05. The zero-order chi connectivity index (χ0) is 16.9. The van der Waals surface area contributed by atoms with Crippen molar-refractivity contribution in [2.45, 2.75) is 13.0 Å². The van der Waals surface area contributed by atoms with Gasteiger partial charge in [0.2, 0.25) is 6.79 Å². The summed E-state index contributed by atoms with van der Waals surface area (Å²) >= 11 is 0. The van der Waals surface area contributed by atoms with Gasteiger partial charge in [-0.05, 0) is 47.9 Å². The Labute approximate surface area is 140 Å². The number of fused-ring (bicyclic) bond motifs is 1. The van der Waals surface area contributed by atoms with Crippen molar-refractivity contribution >= 4 is 5.91 Å². The molecule has 124 valence electrons. The standard InChI is InChI=1S/C19H19NO4/c1-3-4-14-10-15(6-8-16(14)22-2)19(21)20-11-13-5-7-17-18(9-13)24-12-23-17/h3,5-10H,1,4,11-12H2,2H3,(H,20,21). The summed E-state index contributed by atoms with van der Waals surface area (Å²) in [7, 11) is 1.61. The maximum absolute atomic E-state index is 12.4. The number of amides is 1. The first kappa shape index (κ1) is 15.9. The minimum atomic E-state index is -0.138. The van der Waals surface area contributed by atoms with Gasteiger partial charge in [-0.25, -0.2) is 0 Å². The molecule has 1 amide bonds. The minimum absolute atomic E-state index is 0.138. The first-order chi connectivity index (χ1) is 11.7. The molecule has 0 spiro atoms. The SMILES string of the molecule is C=CCc1cc(C(=O)NCc2ccc3c(c2)OCO3)ccc1OC. The van der Waals surface area contributed by atoms with Crippen LogP contribution in [0, 0.1) is 0 Å². The van der Waals surface area contributed by atoms with Crippen molar-refractivity contribution in [1.29, 1.82) is 0 Å². The predicted molar refractivity (Wildman–Crippen MR) is 90.6 cm³/mol. The lowest BCUT2D eigenvalue weighted by Gasteiger charge is -2.10. The lowest BCUT2D eigenvalue weighted by atomic mass is 10.1. The monoisotopic (exact) mass is 325 g/mol. The molecular formula is C19H19NO4. The van der Waals surface area contributed by atoms with E-state index in [1.165, 1.54) is 0 Å². The second-order valence-corrected chi connectivity index (χ2v) is 5.39. The molecule has 1 aliphatic rings. The van der Waals surface area contributed by atoms with Crippen LogP contribution in [0.5, 0.6) is 17.2 Å². The molecule has 5 heteroatoms. The highest BCUT2D eigenvalue weighted by Gasteiger charge is 2.14. The third-order valence-electron chi connectivity index (χ3n) is 3.80. The summed E-state index contributed by atoms with van der Waals surface area (Å²) in [5.41, 5.74) is 2.48. The Kier molecular flexibility index (Phi) is 4.70. The van der Waals surface area contributed by atoms with E-state index in [-0.39, 0.29) is 12.7 Å². The highest BCUT2D eigenvalue weighted by Crippen LogP contribution is 2.32. The van der Waals surface area contributed by atoms with Gasteiger partial charge in [-0.15, -0.1) is 6.58 Å². The zero-order valence-corrected chi connectivity index (χ0v) is 13.5. The van der Waals surface area contributed by atoms with E-state index >= 15 is 0 Å². The van der Waals surface area contributed by atoms with Gasteiger partial charge in [0.1, 0.15) is 5.75 Å². The first-order valence-electron chi connectivity index (χ1n) is 7.66. The van der Waals surface area contributed by atoms with E-state index in [4.69, 9.17) is 14.2 Å². The first-order valence-corrected chi connectivity index (χ1v) is 7.66. The number of methoxy groups -OCH3 is 1. The Balaban J connectivity index is 1.68. The summed E-state index contributed by atoms with van der Waals surface area (Å²) < 4.78 is 15.9. The third kappa shape index (κ3) is 3.35. The number of rotatable bonds is 6. The molecule has 1 aliphatic heterocycles. The van der Waals surface area contributed by atoms with Crippen LogP contribution < -0.4 is 19.5 Å². The molecule has 2 aromatic rings. The van der Waals surface area contributed by atoms with Crippen molar-refractivity contribution in [2.24, 2.45) is 0 Å². The van der Waals surface area contributed by atoms with E-state index in [9.17, 15) is 4.79 Å². The van der Waals surface area contributed by atoms with Crippen LogP contribution in [0.25, 0.3) is 0 Å². The molecular weight excluding hydrogens is 306 g/mol. The Morgan fingerprint density at radius 1 is 1.25 bits per heavy atom. The summed E-state index contributed by atoms with van der Waals surface area (Å²) in [6, 6.07) is 11.0. The van der Waals surface area contributed by atoms with Crippen LogP contribution >= 0.6 is 0 Å². The van der Waals surface area contributed by atoms with E-state index in [0.717, 1.165) is 22.6 Å². The van der Waals surface area contributed by atoms with Crippen molar-refractivity contribution in [3.05, 3.63) is 65.7 Å². The number of nitrogens with one attached hydrogen (secondary N) is 1. The molecule has 1 N–H and O–H groups in total. The van der Waals surface area contributed by atoms with E-state index in [1.54, 1.807) is 25.3 Å². The second kappa shape index (κ2) is 7.08. The van der Waals surface area contributed by atoms with Gasteiger partial charge in [0.05, 0.1) is 7.11 Å². The topological polar surface area (TPSA) is 56.8 Å². The number of benzene rings is 2. The van der Waals surface area contributed by atoms with Crippen molar-refractivity contribution in [3.8, 4) is 17.2 Å². The normalized spacial score (nSPS) is 11.9. The van der Waals surface area contributed by atoms with Gasteiger partial charge in [0, 0.05) is 12.1 Å². The van der Waals surface area contributed by atoms with Crippen molar-refractivity contribution in [3.63, 3.8) is 0 Å². The van der Waals surface area contributed by atoms with Gasteiger partial charge in [-0.2, -0.15) is 0 Å². The molecule has 1 heterocycles. The molecule has 2 aromatic carbocycles. The van der Waals surface area contributed by atoms with E-state index < -0.39 is 0 Å². The zero-order valence-electron chi connectivity index (χ0n) is 13.5. The number of carbonyl (C=O) groups is 1. The maximum atomic E-state index is 12.4. The Bertz CT molecular complexity index is 770. The number of allylic oxidation sites excluding steroid dienone is 1. The minimum Gasteiger partial charge on any atom is -0.496 e. The second-order valence-electron chi connectivity index (χ2n) is 5.39. The Hall–Kier alpha value is -2.95. The predicted octanol–water partition coefficient (Wildman–Crippen LogP) is 3.08. The van der Waals surface area contributed by atoms with Gasteiger partial charge < -0.3 is 19.5 Å². The highest BCUT2D eigenvalue weighted by molar-refractivity contribution is 5.94. The quantitative estimate of drug-likeness (QED) is 0.829.